The Hall–Kier alpha value is -4.14. The average Bonchev–Trinajstić information content (AvgIpc) is 3.12. The molecule has 5 aromatic rings. The van der Waals surface area contributed by atoms with Crippen LogP contribution in [-0.2, 0) is 43.5 Å². The molecule has 0 aliphatic carbocycles. The van der Waals surface area contributed by atoms with E-state index < -0.39 is 36.8 Å². The van der Waals surface area contributed by atoms with Gasteiger partial charge < -0.3 is 28.8 Å². The topological polar surface area (TPSA) is 66.4 Å². The lowest BCUT2D eigenvalue weighted by Crippen LogP contribution is -2.61. The second kappa shape index (κ2) is 16.4. The maximum atomic E-state index is 11.6. The van der Waals surface area contributed by atoms with E-state index in [0.29, 0.717) is 19.8 Å². The van der Waals surface area contributed by atoms with Gasteiger partial charge in [-0.05, 0) is 27.8 Å². The second-order valence-electron chi connectivity index (χ2n) is 11.4. The van der Waals surface area contributed by atoms with Crippen LogP contribution < -0.4 is 0 Å². The lowest BCUT2D eigenvalue weighted by molar-refractivity contribution is -0.320. The van der Waals surface area contributed by atoms with Crippen LogP contribution in [0.15, 0.2) is 152 Å². The summed E-state index contributed by atoms with van der Waals surface area (Å²) in [7, 11) is 0. The van der Waals surface area contributed by atoms with Crippen LogP contribution in [0.1, 0.15) is 33.9 Å². The van der Waals surface area contributed by atoms with E-state index in [-0.39, 0.29) is 6.61 Å². The molecule has 0 bridgehead atoms. The first-order valence-electron chi connectivity index (χ1n) is 15.8. The zero-order chi connectivity index (χ0) is 31.4. The Morgan fingerprint density at radius 3 is 1.39 bits per heavy atom. The van der Waals surface area contributed by atoms with Crippen molar-refractivity contribution in [2.75, 3.05) is 6.61 Å². The Bertz CT molecular complexity index is 1510. The molecule has 1 fully saturated rings. The lowest BCUT2D eigenvalue weighted by Gasteiger charge is -2.45. The van der Waals surface area contributed by atoms with Crippen LogP contribution in [-0.4, -0.2) is 42.4 Å². The minimum Gasteiger partial charge on any atom is -0.374 e. The first-order chi connectivity index (χ1) is 22.7. The summed E-state index contributed by atoms with van der Waals surface area (Å²) in [4.78, 5) is 0. The zero-order valence-electron chi connectivity index (χ0n) is 25.7. The summed E-state index contributed by atoms with van der Waals surface area (Å²) in [6, 6.07) is 49.9. The van der Waals surface area contributed by atoms with E-state index in [1.54, 1.807) is 0 Å². The van der Waals surface area contributed by atoms with E-state index in [4.69, 9.17) is 23.7 Å². The molecule has 1 heterocycles. The molecule has 0 amide bonds. The lowest BCUT2D eigenvalue weighted by atomic mass is 9.96. The van der Waals surface area contributed by atoms with Gasteiger partial charge in [0, 0.05) is 0 Å². The largest absolute Gasteiger partial charge is 0.374 e. The fraction of sp³-hybridized carbons (Fsp3) is 0.250. The van der Waals surface area contributed by atoms with Gasteiger partial charge in [0.2, 0.25) is 0 Å². The van der Waals surface area contributed by atoms with E-state index in [1.807, 2.05) is 152 Å². The van der Waals surface area contributed by atoms with Crippen LogP contribution in [0.3, 0.4) is 0 Å². The van der Waals surface area contributed by atoms with Gasteiger partial charge in [-0.2, -0.15) is 0 Å². The smallest absolute Gasteiger partial charge is 0.184 e. The number of aliphatic hydroxyl groups excluding tert-OH is 1. The third-order valence-electron chi connectivity index (χ3n) is 8.07. The first-order valence-corrected chi connectivity index (χ1v) is 15.8. The van der Waals surface area contributed by atoms with Gasteiger partial charge in [0.25, 0.3) is 0 Å². The van der Waals surface area contributed by atoms with Gasteiger partial charge in [-0.1, -0.05) is 152 Å². The molecule has 5 atom stereocenters. The summed E-state index contributed by atoms with van der Waals surface area (Å²) in [5.41, 5.74) is 4.98. The van der Waals surface area contributed by atoms with E-state index in [2.05, 4.69) is 0 Å². The molecule has 6 rings (SSSR count). The molecule has 6 heteroatoms. The van der Waals surface area contributed by atoms with E-state index >= 15 is 0 Å². The number of hydrogen-bond acceptors (Lipinski definition) is 6. The summed E-state index contributed by atoms with van der Waals surface area (Å²) in [5, 5.41) is 11.6. The molecule has 0 aromatic heterocycles. The van der Waals surface area contributed by atoms with Crippen molar-refractivity contribution in [2.24, 2.45) is 0 Å². The van der Waals surface area contributed by atoms with Crippen molar-refractivity contribution in [3.8, 4) is 0 Å². The average molecular weight is 617 g/mol. The Kier molecular flexibility index (Phi) is 11.4. The summed E-state index contributed by atoms with van der Waals surface area (Å²) in [6.45, 7) is 1.24. The van der Waals surface area contributed by atoms with Gasteiger partial charge in [0.15, 0.2) is 6.29 Å². The highest BCUT2D eigenvalue weighted by atomic mass is 16.7. The van der Waals surface area contributed by atoms with E-state index in [1.165, 1.54) is 0 Å². The van der Waals surface area contributed by atoms with Crippen molar-refractivity contribution in [2.45, 2.75) is 56.6 Å². The molecular weight excluding hydrogens is 576 g/mol. The summed E-state index contributed by atoms with van der Waals surface area (Å²) >= 11 is 0. The fourth-order valence-corrected chi connectivity index (χ4v) is 5.73. The van der Waals surface area contributed by atoms with Crippen LogP contribution in [0.2, 0.25) is 0 Å². The molecule has 0 spiro atoms. The quantitative estimate of drug-likeness (QED) is 0.142. The van der Waals surface area contributed by atoms with Gasteiger partial charge in [0.05, 0.1) is 26.4 Å². The van der Waals surface area contributed by atoms with Crippen molar-refractivity contribution >= 4 is 0 Å². The molecule has 0 radical (unpaired) electrons. The second-order valence-corrected chi connectivity index (χ2v) is 11.4. The summed E-state index contributed by atoms with van der Waals surface area (Å²) in [6.07, 6.45) is -4.56. The molecular formula is C40H40O6. The van der Waals surface area contributed by atoms with Crippen LogP contribution in [0.4, 0.5) is 0 Å². The number of rotatable bonds is 14. The predicted octanol–water partition coefficient (Wildman–Crippen LogP) is 7.27. The van der Waals surface area contributed by atoms with Gasteiger partial charge >= 0.3 is 0 Å². The Labute approximate surface area is 271 Å². The van der Waals surface area contributed by atoms with Gasteiger partial charge in [0.1, 0.15) is 30.5 Å². The predicted molar refractivity (Wildman–Crippen MR) is 177 cm³/mol. The molecule has 1 aliphatic heterocycles. The number of hydrogen-bond donors (Lipinski definition) is 1. The minimum atomic E-state index is -1.29. The van der Waals surface area contributed by atoms with E-state index in [9.17, 15) is 5.11 Å². The SMILES string of the molecule is OC1O[C@H](COCc2ccccc2)[C@@H](OCc2ccccc2)[C@H](OCc2ccccc2)[C@H]1OC(c1ccccc1)c1ccccc1. The molecule has 1 aliphatic rings. The number of ether oxygens (including phenoxy) is 5. The molecule has 0 saturated carbocycles. The number of aliphatic hydroxyl groups is 1. The molecule has 1 unspecified atom stereocenters. The molecule has 5 aromatic carbocycles. The fourth-order valence-electron chi connectivity index (χ4n) is 5.73. The summed E-state index contributed by atoms with van der Waals surface area (Å²) < 4.78 is 32.6. The Morgan fingerprint density at radius 1 is 0.500 bits per heavy atom. The summed E-state index contributed by atoms with van der Waals surface area (Å²) in [5.74, 6) is 0. The van der Waals surface area contributed by atoms with Gasteiger partial charge in [-0.25, -0.2) is 0 Å². The van der Waals surface area contributed by atoms with Crippen molar-refractivity contribution in [3.63, 3.8) is 0 Å². The third kappa shape index (κ3) is 8.56. The first kappa shape index (κ1) is 31.8. The van der Waals surface area contributed by atoms with Crippen LogP contribution in [0.25, 0.3) is 0 Å². The minimum absolute atomic E-state index is 0.199. The highest BCUT2D eigenvalue weighted by molar-refractivity contribution is 5.30. The van der Waals surface area contributed by atoms with Gasteiger partial charge in [-0.15, -0.1) is 0 Å². The molecule has 46 heavy (non-hydrogen) atoms. The maximum Gasteiger partial charge on any atom is 0.184 e. The maximum absolute atomic E-state index is 11.6. The van der Waals surface area contributed by atoms with Crippen molar-refractivity contribution in [1.29, 1.82) is 0 Å². The van der Waals surface area contributed by atoms with Gasteiger partial charge in [-0.3, -0.25) is 0 Å². The van der Waals surface area contributed by atoms with Crippen molar-refractivity contribution < 1.29 is 28.8 Å². The number of benzene rings is 5. The van der Waals surface area contributed by atoms with Crippen LogP contribution >= 0.6 is 0 Å². The monoisotopic (exact) mass is 616 g/mol. The standard InChI is InChI=1S/C40H40O6/c41-40-39(46-36(33-22-12-4-13-23-33)34-24-14-5-15-25-34)38(44-28-32-20-10-3-11-21-32)37(43-27-31-18-8-2-9-19-31)35(45-40)29-42-26-30-16-6-1-7-17-30/h1-25,35-41H,26-29H2/t35-,37-,38+,39-,40?/m1/s1. The van der Waals surface area contributed by atoms with Crippen LogP contribution in [0, 0.1) is 0 Å². The Morgan fingerprint density at radius 2 is 0.913 bits per heavy atom. The molecule has 1 N–H and O–H groups in total. The van der Waals surface area contributed by atoms with Crippen molar-refractivity contribution in [1.82, 2.24) is 0 Å². The van der Waals surface area contributed by atoms with Crippen molar-refractivity contribution in [3.05, 3.63) is 179 Å². The highest BCUT2D eigenvalue weighted by Gasteiger charge is 2.49. The molecule has 236 valence electrons. The van der Waals surface area contributed by atoms with E-state index in [0.717, 1.165) is 27.8 Å². The van der Waals surface area contributed by atoms with Crippen LogP contribution in [0.5, 0.6) is 0 Å². The normalized spacial score (nSPS) is 21.3. The Balaban J connectivity index is 1.31. The highest BCUT2D eigenvalue weighted by Crippen LogP contribution is 2.35. The third-order valence-corrected chi connectivity index (χ3v) is 8.07. The molecule has 6 nitrogen and oxygen atoms in total. The molecule has 1 saturated heterocycles. The zero-order valence-corrected chi connectivity index (χ0v) is 25.7.